The van der Waals surface area contributed by atoms with Crippen LogP contribution in [0.4, 0.5) is 10.6 Å². The van der Waals surface area contributed by atoms with Gasteiger partial charge in [-0.15, -0.1) is 0 Å². The van der Waals surface area contributed by atoms with Gasteiger partial charge < -0.3 is 10.6 Å². The number of fused-ring (bicyclic) bond motifs is 1. The van der Waals surface area contributed by atoms with Gasteiger partial charge in [-0.05, 0) is 68.9 Å². The summed E-state index contributed by atoms with van der Waals surface area (Å²) in [4.78, 5) is 49.3. The Labute approximate surface area is 236 Å². The van der Waals surface area contributed by atoms with E-state index in [1.165, 1.54) is 6.20 Å². The lowest BCUT2D eigenvalue weighted by Gasteiger charge is -2.29. The molecule has 1 aliphatic carbocycles. The lowest BCUT2D eigenvalue weighted by atomic mass is 9.85. The topological polar surface area (TPSA) is 114 Å². The molecule has 0 atom stereocenters. The molecule has 4 aromatic rings. The van der Waals surface area contributed by atoms with Crippen molar-refractivity contribution in [1.82, 2.24) is 29.7 Å². The van der Waals surface area contributed by atoms with Crippen molar-refractivity contribution < 1.29 is 9.59 Å². The van der Waals surface area contributed by atoms with Crippen LogP contribution in [0, 0.1) is 12.8 Å². The molecular weight excluding hydrogens is 530 g/mol. The van der Waals surface area contributed by atoms with E-state index in [9.17, 15) is 14.4 Å². The average molecular weight is 560 g/mol. The van der Waals surface area contributed by atoms with Crippen LogP contribution in [0.5, 0.6) is 0 Å². The summed E-state index contributed by atoms with van der Waals surface area (Å²) in [6.07, 6.45) is 4.98. The van der Waals surface area contributed by atoms with Crippen molar-refractivity contribution >= 4 is 40.4 Å². The number of nitrogens with zero attached hydrogens (tertiary/aromatic N) is 5. The fourth-order valence-electron chi connectivity index (χ4n) is 5.73. The van der Waals surface area contributed by atoms with Crippen molar-refractivity contribution in [3.63, 3.8) is 0 Å². The number of carbonyl (C=O) groups excluding carboxylic acids is 2. The van der Waals surface area contributed by atoms with Crippen molar-refractivity contribution in [1.29, 1.82) is 0 Å². The molecule has 0 spiro atoms. The van der Waals surface area contributed by atoms with E-state index in [2.05, 4.69) is 20.6 Å². The molecule has 3 amide bonds. The van der Waals surface area contributed by atoms with E-state index in [0.717, 1.165) is 36.7 Å². The lowest BCUT2D eigenvalue weighted by molar-refractivity contribution is 0.0919. The predicted molar refractivity (Wildman–Crippen MR) is 153 cm³/mol. The number of urea groups is 1. The number of imidazole rings is 1. The Morgan fingerprint density at radius 3 is 2.55 bits per heavy atom. The van der Waals surface area contributed by atoms with Crippen molar-refractivity contribution in [2.45, 2.75) is 45.2 Å². The lowest BCUT2D eigenvalue weighted by Crippen LogP contribution is -2.39. The summed E-state index contributed by atoms with van der Waals surface area (Å²) in [6.45, 7) is 3.47. The summed E-state index contributed by atoms with van der Waals surface area (Å²) in [6, 6.07) is 14.6. The summed E-state index contributed by atoms with van der Waals surface area (Å²) in [5.74, 6) is 1.14. The predicted octanol–water partition coefficient (Wildman–Crippen LogP) is 4.06. The molecule has 1 aliphatic heterocycles. The van der Waals surface area contributed by atoms with Gasteiger partial charge in [-0.3, -0.25) is 19.2 Å². The maximum Gasteiger partial charge on any atom is 0.334 e. The van der Waals surface area contributed by atoms with Crippen LogP contribution in [0.2, 0.25) is 5.02 Å². The SMILES string of the molecule is Cc1ncc(Cl)cc1C(=O)N[C@H]1CC[C@H](Cn2c(=O)n(-c3cccc(N4CCNC4=O)n3)c3ccccc32)CC1. The number of aromatic nitrogens is 4. The number of hydrogen-bond donors (Lipinski definition) is 2. The molecule has 6 rings (SSSR count). The highest BCUT2D eigenvalue weighted by Gasteiger charge is 2.27. The van der Waals surface area contributed by atoms with Gasteiger partial charge in [0.2, 0.25) is 0 Å². The van der Waals surface area contributed by atoms with Gasteiger partial charge >= 0.3 is 11.7 Å². The number of nitrogens with one attached hydrogen (secondary N) is 2. The number of para-hydroxylation sites is 2. The molecule has 1 saturated heterocycles. The van der Waals surface area contributed by atoms with E-state index in [1.807, 2.05) is 34.9 Å². The summed E-state index contributed by atoms with van der Waals surface area (Å²) >= 11 is 6.04. The molecule has 0 radical (unpaired) electrons. The van der Waals surface area contributed by atoms with Crippen LogP contribution in [0.25, 0.3) is 16.9 Å². The molecular formula is C29H30ClN7O3. The zero-order valence-electron chi connectivity index (χ0n) is 22.1. The van der Waals surface area contributed by atoms with Crippen LogP contribution in [-0.2, 0) is 6.54 Å². The molecule has 0 bridgehead atoms. The highest BCUT2D eigenvalue weighted by Crippen LogP contribution is 2.28. The Morgan fingerprint density at radius 2 is 1.80 bits per heavy atom. The minimum atomic E-state index is -0.189. The van der Waals surface area contributed by atoms with Gasteiger partial charge in [0, 0.05) is 31.9 Å². The minimum absolute atomic E-state index is 0.0647. The Balaban J connectivity index is 1.19. The zero-order chi connectivity index (χ0) is 27.8. The van der Waals surface area contributed by atoms with Crippen LogP contribution in [0.3, 0.4) is 0 Å². The molecule has 3 aromatic heterocycles. The second-order valence-electron chi connectivity index (χ2n) is 10.4. The first kappa shape index (κ1) is 26.1. The van der Waals surface area contributed by atoms with Gasteiger partial charge in [-0.25, -0.2) is 19.1 Å². The number of anilines is 1. The number of halogens is 1. The third kappa shape index (κ3) is 4.95. The molecule has 40 heavy (non-hydrogen) atoms. The fraction of sp³-hybridized carbons (Fsp3) is 0.345. The fourth-order valence-corrected chi connectivity index (χ4v) is 5.89. The molecule has 2 fully saturated rings. The van der Waals surface area contributed by atoms with Crippen LogP contribution in [0.1, 0.15) is 41.7 Å². The first-order valence-electron chi connectivity index (χ1n) is 13.5. The average Bonchev–Trinajstić information content (AvgIpc) is 3.51. The summed E-state index contributed by atoms with van der Waals surface area (Å²) < 4.78 is 3.46. The van der Waals surface area contributed by atoms with Gasteiger partial charge in [-0.1, -0.05) is 29.8 Å². The molecule has 11 heteroatoms. The van der Waals surface area contributed by atoms with Crippen molar-refractivity contribution in [3.05, 3.63) is 81.5 Å². The second kappa shape index (κ2) is 10.8. The number of hydrogen-bond acceptors (Lipinski definition) is 5. The van der Waals surface area contributed by atoms with Gasteiger partial charge in [0.1, 0.15) is 11.6 Å². The van der Waals surface area contributed by atoms with Gasteiger partial charge in [0.25, 0.3) is 5.91 Å². The zero-order valence-corrected chi connectivity index (χ0v) is 22.9. The third-order valence-electron chi connectivity index (χ3n) is 7.84. The minimum Gasteiger partial charge on any atom is -0.349 e. The van der Waals surface area contributed by atoms with E-state index in [-0.39, 0.29) is 23.7 Å². The van der Waals surface area contributed by atoms with Crippen molar-refractivity contribution in [2.24, 2.45) is 5.92 Å². The Hall–Kier alpha value is -4.18. The third-order valence-corrected chi connectivity index (χ3v) is 8.05. The molecule has 4 heterocycles. The van der Waals surface area contributed by atoms with E-state index >= 15 is 0 Å². The van der Waals surface area contributed by atoms with E-state index in [0.29, 0.717) is 53.5 Å². The smallest absolute Gasteiger partial charge is 0.334 e. The highest BCUT2D eigenvalue weighted by molar-refractivity contribution is 6.30. The maximum absolute atomic E-state index is 13.8. The number of carbonyl (C=O) groups is 2. The molecule has 2 N–H and O–H groups in total. The largest absolute Gasteiger partial charge is 0.349 e. The summed E-state index contributed by atoms with van der Waals surface area (Å²) in [5.41, 5.74) is 2.61. The quantitative estimate of drug-likeness (QED) is 0.370. The standard InChI is InChI=1S/C29H30ClN7O3/c1-18-22(15-20(30)16-32-18)27(38)33-21-11-9-19(10-12-21)17-36-23-5-2-3-6-24(23)37(29(36)40)26-8-4-7-25(34-26)35-14-13-31-28(35)39/h2-8,15-16,19,21H,9-14,17H2,1H3,(H,31,39)(H,33,38)/t19-,21-. The number of pyridine rings is 2. The highest BCUT2D eigenvalue weighted by atomic mass is 35.5. The van der Waals surface area contributed by atoms with E-state index in [4.69, 9.17) is 11.6 Å². The molecule has 1 saturated carbocycles. The second-order valence-corrected chi connectivity index (χ2v) is 10.9. The number of amides is 3. The Bertz CT molecular complexity index is 1660. The van der Waals surface area contributed by atoms with Crippen LogP contribution >= 0.6 is 11.6 Å². The molecule has 2 aliphatic rings. The molecule has 0 unspecified atom stereocenters. The molecule has 1 aromatic carbocycles. The number of benzene rings is 1. The first-order valence-corrected chi connectivity index (χ1v) is 13.9. The monoisotopic (exact) mass is 559 g/mol. The Morgan fingerprint density at radius 1 is 1.05 bits per heavy atom. The van der Waals surface area contributed by atoms with Crippen LogP contribution < -0.4 is 21.2 Å². The normalized spacial score (nSPS) is 19.1. The van der Waals surface area contributed by atoms with Gasteiger partial charge in [0.15, 0.2) is 0 Å². The Kier molecular flexibility index (Phi) is 7.02. The van der Waals surface area contributed by atoms with Crippen LogP contribution in [-0.4, -0.2) is 50.2 Å². The maximum atomic E-state index is 13.8. The molecule has 206 valence electrons. The number of aryl methyl sites for hydroxylation is 1. The summed E-state index contributed by atoms with van der Waals surface area (Å²) in [7, 11) is 0. The molecule has 10 nitrogen and oxygen atoms in total. The van der Waals surface area contributed by atoms with Gasteiger partial charge in [0.05, 0.1) is 27.3 Å². The van der Waals surface area contributed by atoms with E-state index in [1.54, 1.807) is 34.6 Å². The van der Waals surface area contributed by atoms with Gasteiger partial charge in [-0.2, -0.15) is 0 Å². The van der Waals surface area contributed by atoms with Crippen molar-refractivity contribution in [2.75, 3.05) is 18.0 Å². The summed E-state index contributed by atoms with van der Waals surface area (Å²) in [5, 5.41) is 6.36. The first-order chi connectivity index (χ1) is 19.4. The van der Waals surface area contributed by atoms with E-state index < -0.39 is 0 Å². The van der Waals surface area contributed by atoms with Crippen molar-refractivity contribution in [3.8, 4) is 5.82 Å². The number of rotatable bonds is 6. The van der Waals surface area contributed by atoms with Crippen LogP contribution in [0.15, 0.2) is 59.5 Å².